The second-order valence-electron chi connectivity index (χ2n) is 8.63. The molecule has 0 bridgehead atoms. The molecule has 1 fully saturated rings. The number of carbonyl (C=O) groups is 1. The van der Waals surface area contributed by atoms with Crippen LogP contribution in [0.1, 0.15) is 53.0 Å². The normalized spacial score (nSPS) is 15.6. The number of aryl methyl sites for hydroxylation is 1. The Labute approximate surface area is 187 Å². The Balaban J connectivity index is 1.47. The fourth-order valence-corrected chi connectivity index (χ4v) is 4.73. The van der Waals surface area contributed by atoms with E-state index in [-0.39, 0.29) is 5.91 Å². The second kappa shape index (κ2) is 8.68. The Kier molecular flexibility index (Phi) is 5.59. The molecule has 5 rings (SSSR count). The Morgan fingerprint density at radius 1 is 1.16 bits per heavy atom. The monoisotopic (exact) mass is 435 g/mol. The molecule has 1 N–H and O–H groups in total. The maximum Gasteiger partial charge on any atom is 0.261 e. The number of benzene rings is 1. The van der Waals surface area contributed by atoms with Crippen molar-refractivity contribution in [1.82, 2.24) is 20.3 Å². The Hall–Kier alpha value is -3.29. The van der Waals surface area contributed by atoms with Crippen LogP contribution in [0.25, 0.3) is 11.3 Å². The highest BCUT2D eigenvalue weighted by molar-refractivity contribution is 6.04. The molecule has 168 valence electrons. The van der Waals surface area contributed by atoms with E-state index in [1.54, 1.807) is 12.0 Å². The molecule has 0 atom stereocenters. The van der Waals surface area contributed by atoms with Crippen LogP contribution in [0.15, 0.2) is 28.8 Å². The number of nitrogens with one attached hydrogen (secondary N) is 1. The lowest BCUT2D eigenvalue weighted by Crippen LogP contribution is -2.29. The zero-order valence-electron chi connectivity index (χ0n) is 18.7. The number of nitrogens with zero attached hydrogens (tertiary/aromatic N) is 4. The van der Waals surface area contributed by atoms with Crippen LogP contribution >= 0.6 is 0 Å². The third-order valence-electron chi connectivity index (χ3n) is 6.52. The minimum absolute atomic E-state index is 0.105. The van der Waals surface area contributed by atoms with Gasteiger partial charge >= 0.3 is 0 Å². The minimum atomic E-state index is -0.105. The van der Waals surface area contributed by atoms with E-state index in [9.17, 15) is 4.79 Å². The van der Waals surface area contributed by atoms with E-state index in [0.29, 0.717) is 23.7 Å². The number of aromatic amines is 1. The van der Waals surface area contributed by atoms with Gasteiger partial charge in [-0.05, 0) is 68.4 Å². The van der Waals surface area contributed by atoms with Crippen molar-refractivity contribution in [3.05, 3.63) is 46.8 Å². The van der Waals surface area contributed by atoms with Crippen LogP contribution in [-0.4, -0.2) is 53.4 Å². The number of carbonyl (C=O) groups excluding carboxylic acids is 1. The van der Waals surface area contributed by atoms with Gasteiger partial charge in [0.15, 0.2) is 11.6 Å². The minimum Gasteiger partial charge on any atom is -0.497 e. The number of hydrogen-bond acceptors (Lipinski definition) is 6. The lowest BCUT2D eigenvalue weighted by atomic mass is 9.96. The van der Waals surface area contributed by atoms with Crippen LogP contribution in [0, 0.1) is 0 Å². The molecule has 2 aromatic heterocycles. The van der Waals surface area contributed by atoms with E-state index < -0.39 is 0 Å². The standard InChI is InChI=1S/C24H29N5O3/c1-28(15-20-18-7-3-4-8-19(18)25-26-20)24(30)21-22(16-9-11-17(31-2)12-10-16)32-27-23(21)29-13-5-6-14-29/h9-12H,3-8,13-15H2,1-2H3,(H,25,26). The van der Waals surface area contributed by atoms with Gasteiger partial charge in [0.1, 0.15) is 11.3 Å². The van der Waals surface area contributed by atoms with E-state index in [2.05, 4.69) is 20.3 Å². The molecule has 0 spiro atoms. The summed E-state index contributed by atoms with van der Waals surface area (Å²) in [5, 5.41) is 12.0. The van der Waals surface area contributed by atoms with Gasteiger partial charge in [0.25, 0.3) is 5.91 Å². The molecule has 1 amide bonds. The Morgan fingerprint density at radius 3 is 2.66 bits per heavy atom. The molecule has 8 nitrogen and oxygen atoms in total. The van der Waals surface area contributed by atoms with E-state index in [1.165, 1.54) is 24.1 Å². The molecule has 1 aromatic carbocycles. The summed E-state index contributed by atoms with van der Waals surface area (Å²) in [6.07, 6.45) is 6.60. The molecule has 0 radical (unpaired) electrons. The quantitative estimate of drug-likeness (QED) is 0.633. The van der Waals surface area contributed by atoms with Crippen molar-refractivity contribution >= 4 is 11.7 Å². The maximum atomic E-state index is 13.7. The summed E-state index contributed by atoms with van der Waals surface area (Å²) in [5.41, 5.74) is 4.77. The van der Waals surface area contributed by atoms with Crippen LogP contribution in [0.3, 0.4) is 0 Å². The first-order valence-electron chi connectivity index (χ1n) is 11.3. The van der Waals surface area contributed by atoms with Crippen LogP contribution in [0.4, 0.5) is 5.82 Å². The van der Waals surface area contributed by atoms with E-state index in [4.69, 9.17) is 9.26 Å². The number of hydrogen-bond donors (Lipinski definition) is 1. The van der Waals surface area contributed by atoms with Crippen molar-refractivity contribution in [3.8, 4) is 17.1 Å². The van der Waals surface area contributed by atoms with Crippen molar-refractivity contribution in [1.29, 1.82) is 0 Å². The fraction of sp³-hybridized carbons (Fsp3) is 0.458. The van der Waals surface area contributed by atoms with Crippen LogP contribution < -0.4 is 9.64 Å². The average Bonchev–Trinajstić information content (AvgIpc) is 3.58. The predicted octanol–water partition coefficient (Wildman–Crippen LogP) is 3.82. The highest BCUT2D eigenvalue weighted by Gasteiger charge is 2.31. The van der Waals surface area contributed by atoms with Crippen molar-refractivity contribution in [2.75, 3.05) is 32.1 Å². The number of fused-ring (bicyclic) bond motifs is 1. The molecular weight excluding hydrogens is 406 g/mol. The van der Waals surface area contributed by atoms with E-state index in [0.717, 1.165) is 55.8 Å². The molecule has 1 aliphatic heterocycles. The van der Waals surface area contributed by atoms with Gasteiger partial charge in [0, 0.05) is 31.4 Å². The molecule has 0 saturated carbocycles. The van der Waals surface area contributed by atoms with Crippen LogP contribution in [-0.2, 0) is 19.4 Å². The first-order valence-corrected chi connectivity index (χ1v) is 11.3. The molecule has 3 aromatic rings. The zero-order chi connectivity index (χ0) is 22.1. The summed E-state index contributed by atoms with van der Waals surface area (Å²) in [6, 6.07) is 7.52. The topological polar surface area (TPSA) is 87.5 Å². The van der Waals surface area contributed by atoms with Crippen molar-refractivity contribution in [3.63, 3.8) is 0 Å². The summed E-state index contributed by atoms with van der Waals surface area (Å²) >= 11 is 0. The van der Waals surface area contributed by atoms with Gasteiger partial charge < -0.3 is 19.1 Å². The smallest absolute Gasteiger partial charge is 0.261 e. The number of aromatic nitrogens is 3. The highest BCUT2D eigenvalue weighted by Crippen LogP contribution is 2.35. The first kappa shape index (κ1) is 20.6. The van der Waals surface area contributed by atoms with Crippen LogP contribution in [0.2, 0.25) is 0 Å². The Bertz CT molecular complexity index is 1100. The van der Waals surface area contributed by atoms with Gasteiger partial charge in [0.2, 0.25) is 0 Å². The number of anilines is 1. The predicted molar refractivity (Wildman–Crippen MR) is 121 cm³/mol. The third-order valence-corrected chi connectivity index (χ3v) is 6.52. The average molecular weight is 436 g/mol. The molecular formula is C24H29N5O3. The molecule has 3 heterocycles. The third kappa shape index (κ3) is 3.74. The van der Waals surface area contributed by atoms with Gasteiger partial charge in [0.05, 0.1) is 19.3 Å². The summed E-state index contributed by atoms with van der Waals surface area (Å²) < 4.78 is 11.0. The van der Waals surface area contributed by atoms with Crippen molar-refractivity contribution < 1.29 is 14.1 Å². The number of rotatable bonds is 6. The highest BCUT2D eigenvalue weighted by atomic mass is 16.5. The number of amides is 1. The van der Waals surface area contributed by atoms with Gasteiger partial charge in [-0.1, -0.05) is 5.16 Å². The van der Waals surface area contributed by atoms with Crippen molar-refractivity contribution in [2.45, 2.75) is 45.1 Å². The number of methoxy groups -OCH3 is 1. The lowest BCUT2D eigenvalue weighted by Gasteiger charge is -2.20. The fourth-order valence-electron chi connectivity index (χ4n) is 4.73. The van der Waals surface area contributed by atoms with Gasteiger partial charge in [-0.2, -0.15) is 5.10 Å². The zero-order valence-corrected chi connectivity index (χ0v) is 18.7. The molecule has 1 aliphatic carbocycles. The first-order chi connectivity index (χ1) is 15.7. The van der Waals surface area contributed by atoms with E-state index in [1.807, 2.05) is 31.3 Å². The largest absolute Gasteiger partial charge is 0.497 e. The Morgan fingerprint density at radius 2 is 1.91 bits per heavy atom. The molecule has 0 unspecified atom stereocenters. The summed E-state index contributed by atoms with van der Waals surface area (Å²) in [7, 11) is 3.46. The number of H-pyrrole nitrogens is 1. The SMILES string of the molecule is COc1ccc(-c2onc(N3CCCC3)c2C(=O)N(C)Cc2n[nH]c3c2CCCC3)cc1. The van der Waals surface area contributed by atoms with Crippen molar-refractivity contribution in [2.24, 2.45) is 0 Å². The lowest BCUT2D eigenvalue weighted by molar-refractivity contribution is 0.0784. The summed E-state index contributed by atoms with van der Waals surface area (Å²) in [4.78, 5) is 17.6. The summed E-state index contributed by atoms with van der Waals surface area (Å²) in [5.74, 6) is 1.78. The van der Waals surface area contributed by atoms with Gasteiger partial charge in [-0.15, -0.1) is 0 Å². The van der Waals surface area contributed by atoms with Gasteiger partial charge in [-0.3, -0.25) is 9.89 Å². The molecule has 32 heavy (non-hydrogen) atoms. The molecule has 1 saturated heterocycles. The summed E-state index contributed by atoms with van der Waals surface area (Å²) in [6.45, 7) is 2.22. The van der Waals surface area contributed by atoms with Gasteiger partial charge in [-0.25, -0.2) is 0 Å². The second-order valence-corrected chi connectivity index (χ2v) is 8.63. The van der Waals surface area contributed by atoms with Crippen LogP contribution in [0.5, 0.6) is 5.75 Å². The molecule has 2 aliphatic rings. The number of ether oxygens (including phenoxy) is 1. The maximum absolute atomic E-state index is 13.7. The van der Waals surface area contributed by atoms with E-state index >= 15 is 0 Å². The molecule has 8 heteroatoms.